The van der Waals surface area contributed by atoms with Gasteiger partial charge < -0.3 is 19.9 Å². The lowest BCUT2D eigenvalue weighted by Gasteiger charge is -2.26. The van der Waals surface area contributed by atoms with E-state index in [-0.39, 0.29) is 6.54 Å². The molecule has 0 spiro atoms. The number of guanidine groups is 1. The summed E-state index contributed by atoms with van der Waals surface area (Å²) >= 11 is 0. The summed E-state index contributed by atoms with van der Waals surface area (Å²) in [4.78, 5) is 6.83. The molecular weight excluding hydrogens is 411 g/mol. The van der Waals surface area contributed by atoms with Gasteiger partial charge in [0, 0.05) is 33.2 Å². The minimum atomic E-state index is -4.34. The summed E-state index contributed by atoms with van der Waals surface area (Å²) in [7, 11) is 1.89. The van der Waals surface area contributed by atoms with E-state index < -0.39 is 11.7 Å². The minimum Gasteiger partial charge on any atom is -0.379 e. The van der Waals surface area contributed by atoms with Crippen LogP contribution >= 0.6 is 0 Å². The third kappa shape index (κ3) is 6.93. The summed E-state index contributed by atoms with van der Waals surface area (Å²) in [6.45, 7) is 7.32. The van der Waals surface area contributed by atoms with Crippen LogP contribution in [-0.2, 0) is 31.1 Å². The first kappa shape index (κ1) is 23.0. The molecule has 1 aliphatic rings. The highest BCUT2D eigenvalue weighted by Crippen LogP contribution is 2.29. The van der Waals surface area contributed by atoms with Crippen molar-refractivity contribution in [2.45, 2.75) is 26.2 Å². The number of ether oxygens (including phenoxy) is 1. The zero-order chi connectivity index (χ0) is 22.3. The minimum absolute atomic E-state index is 0.253. The van der Waals surface area contributed by atoms with Crippen molar-refractivity contribution in [3.63, 3.8) is 0 Å². The van der Waals surface area contributed by atoms with Gasteiger partial charge in [0.25, 0.3) is 0 Å². The maximum atomic E-state index is 12.8. The molecule has 1 saturated heterocycles. The Morgan fingerprint density at radius 2 is 1.84 bits per heavy atom. The lowest BCUT2D eigenvalue weighted by molar-refractivity contribution is -0.137. The second-order valence-corrected chi connectivity index (χ2v) is 7.32. The smallest absolute Gasteiger partial charge is 0.379 e. The fourth-order valence-corrected chi connectivity index (χ4v) is 3.07. The number of hydrogen-bond acceptors (Lipinski definition) is 5. The maximum Gasteiger partial charge on any atom is 0.416 e. The Bertz CT molecular complexity index is 859. The number of halogens is 3. The molecule has 0 amide bonds. The zero-order valence-electron chi connectivity index (χ0n) is 17.7. The summed E-state index contributed by atoms with van der Waals surface area (Å²) in [5.41, 5.74) is 0.0247. The summed E-state index contributed by atoms with van der Waals surface area (Å²) in [6, 6.07) is 5.05. The topological polar surface area (TPSA) is 79.6 Å². The van der Waals surface area contributed by atoms with E-state index >= 15 is 0 Å². The molecule has 31 heavy (non-hydrogen) atoms. The number of alkyl halides is 3. The van der Waals surface area contributed by atoms with Crippen LogP contribution in [0.25, 0.3) is 0 Å². The predicted molar refractivity (Wildman–Crippen MR) is 110 cm³/mol. The van der Waals surface area contributed by atoms with Gasteiger partial charge in [0.05, 0.1) is 31.9 Å². The van der Waals surface area contributed by atoms with Crippen LogP contribution in [0.15, 0.2) is 29.3 Å². The maximum absolute atomic E-state index is 12.8. The van der Waals surface area contributed by atoms with E-state index in [1.165, 1.54) is 12.1 Å². The molecule has 0 unspecified atom stereocenters. The second kappa shape index (κ2) is 10.6. The van der Waals surface area contributed by atoms with Crippen LogP contribution in [0.1, 0.15) is 22.8 Å². The van der Waals surface area contributed by atoms with Gasteiger partial charge in [-0.05, 0) is 24.6 Å². The molecule has 11 heteroatoms. The van der Waals surface area contributed by atoms with Crippen LogP contribution in [0.2, 0.25) is 0 Å². The van der Waals surface area contributed by atoms with Crippen molar-refractivity contribution in [2.24, 2.45) is 12.0 Å². The molecule has 2 aromatic rings. The Balaban J connectivity index is 1.60. The molecule has 0 aliphatic carbocycles. The first-order chi connectivity index (χ1) is 14.8. The molecule has 0 radical (unpaired) electrons. The average molecular weight is 439 g/mol. The summed E-state index contributed by atoms with van der Waals surface area (Å²) in [5, 5.41) is 14.7. The SMILES string of the molecule is Cc1nnc(CNC(=NCc2ccc(C(F)(F)F)cc2)NCCN2CCOCC2)n1C. The molecular formula is C20H28F3N7O. The summed E-state index contributed by atoms with van der Waals surface area (Å²) in [5.74, 6) is 2.13. The van der Waals surface area contributed by atoms with Crippen molar-refractivity contribution in [3.8, 4) is 0 Å². The molecule has 1 fully saturated rings. The van der Waals surface area contributed by atoms with Crippen molar-refractivity contribution in [1.82, 2.24) is 30.3 Å². The van der Waals surface area contributed by atoms with Crippen molar-refractivity contribution >= 4 is 5.96 Å². The Morgan fingerprint density at radius 1 is 1.13 bits per heavy atom. The van der Waals surface area contributed by atoms with Crippen LogP contribution in [0.5, 0.6) is 0 Å². The highest BCUT2D eigenvalue weighted by molar-refractivity contribution is 5.79. The van der Waals surface area contributed by atoms with Crippen LogP contribution in [0.4, 0.5) is 13.2 Å². The van der Waals surface area contributed by atoms with Crippen LogP contribution in [0, 0.1) is 6.92 Å². The molecule has 2 N–H and O–H groups in total. The van der Waals surface area contributed by atoms with E-state index in [4.69, 9.17) is 4.74 Å². The Kier molecular flexibility index (Phi) is 7.85. The highest BCUT2D eigenvalue weighted by Gasteiger charge is 2.29. The Hall–Kier alpha value is -2.66. The molecule has 0 saturated carbocycles. The van der Waals surface area contributed by atoms with E-state index in [1.54, 1.807) is 0 Å². The number of hydrogen-bond donors (Lipinski definition) is 2. The van der Waals surface area contributed by atoms with Gasteiger partial charge in [-0.2, -0.15) is 13.2 Å². The van der Waals surface area contributed by atoms with E-state index in [0.717, 1.165) is 56.6 Å². The second-order valence-electron chi connectivity index (χ2n) is 7.32. The Morgan fingerprint density at radius 3 is 2.45 bits per heavy atom. The van der Waals surface area contributed by atoms with E-state index in [1.807, 2.05) is 18.5 Å². The summed E-state index contributed by atoms with van der Waals surface area (Å²) < 4.78 is 45.5. The molecule has 1 aromatic heterocycles. The monoisotopic (exact) mass is 439 g/mol. The van der Waals surface area contributed by atoms with Gasteiger partial charge in [0.1, 0.15) is 5.82 Å². The van der Waals surface area contributed by atoms with E-state index in [0.29, 0.717) is 24.6 Å². The molecule has 2 heterocycles. The van der Waals surface area contributed by atoms with Crippen LogP contribution < -0.4 is 10.6 Å². The zero-order valence-corrected chi connectivity index (χ0v) is 17.7. The van der Waals surface area contributed by atoms with Crippen molar-refractivity contribution in [2.75, 3.05) is 39.4 Å². The first-order valence-electron chi connectivity index (χ1n) is 10.2. The van der Waals surface area contributed by atoms with Crippen molar-refractivity contribution in [1.29, 1.82) is 0 Å². The molecule has 3 rings (SSSR count). The van der Waals surface area contributed by atoms with Gasteiger partial charge in [-0.3, -0.25) is 4.90 Å². The quantitative estimate of drug-likeness (QED) is 0.505. The van der Waals surface area contributed by atoms with Crippen molar-refractivity contribution in [3.05, 3.63) is 47.0 Å². The molecule has 0 atom stereocenters. The number of benzene rings is 1. The number of nitrogens with one attached hydrogen (secondary N) is 2. The highest BCUT2D eigenvalue weighted by atomic mass is 19.4. The van der Waals surface area contributed by atoms with Gasteiger partial charge in [-0.15, -0.1) is 10.2 Å². The van der Waals surface area contributed by atoms with Gasteiger partial charge in [0.2, 0.25) is 0 Å². The standard InChI is InChI=1S/C20H28F3N7O/c1-15-27-28-18(29(15)2)14-26-19(24-7-8-30-9-11-31-12-10-30)25-13-16-3-5-17(6-4-16)20(21,22)23/h3-6H,7-14H2,1-2H3,(H2,24,25,26). The number of aromatic nitrogens is 3. The lowest BCUT2D eigenvalue weighted by atomic mass is 10.1. The number of morpholine rings is 1. The van der Waals surface area contributed by atoms with Crippen LogP contribution in [0.3, 0.4) is 0 Å². The van der Waals surface area contributed by atoms with E-state index in [9.17, 15) is 13.2 Å². The molecule has 8 nitrogen and oxygen atoms in total. The first-order valence-corrected chi connectivity index (χ1v) is 10.2. The van der Waals surface area contributed by atoms with Gasteiger partial charge >= 0.3 is 6.18 Å². The van der Waals surface area contributed by atoms with Crippen molar-refractivity contribution < 1.29 is 17.9 Å². The third-order valence-electron chi connectivity index (χ3n) is 5.12. The fourth-order valence-electron chi connectivity index (χ4n) is 3.07. The predicted octanol–water partition coefficient (Wildman–Crippen LogP) is 1.71. The molecule has 1 aromatic carbocycles. The third-order valence-corrected chi connectivity index (χ3v) is 5.12. The lowest BCUT2D eigenvalue weighted by Crippen LogP contribution is -2.44. The van der Waals surface area contributed by atoms with E-state index in [2.05, 4.69) is 30.7 Å². The van der Waals surface area contributed by atoms with Gasteiger partial charge in [-0.25, -0.2) is 4.99 Å². The molecule has 1 aliphatic heterocycles. The molecule has 170 valence electrons. The largest absolute Gasteiger partial charge is 0.416 e. The average Bonchev–Trinajstić information content (AvgIpc) is 3.08. The van der Waals surface area contributed by atoms with Crippen LogP contribution in [-0.4, -0.2) is 65.0 Å². The van der Waals surface area contributed by atoms with Gasteiger partial charge in [0.15, 0.2) is 11.8 Å². The number of aliphatic imine (C=N–C) groups is 1. The number of aryl methyl sites for hydroxylation is 1. The van der Waals surface area contributed by atoms with Gasteiger partial charge in [-0.1, -0.05) is 12.1 Å². The normalized spacial score (nSPS) is 15.8. The summed E-state index contributed by atoms with van der Waals surface area (Å²) in [6.07, 6.45) is -4.34. The Labute approximate surface area is 179 Å². The fraction of sp³-hybridized carbons (Fsp3) is 0.550. The number of nitrogens with zero attached hydrogens (tertiary/aromatic N) is 5. The number of rotatable bonds is 7. The molecule has 0 bridgehead atoms.